The van der Waals surface area contributed by atoms with Gasteiger partial charge in [0.25, 0.3) is 0 Å². The molecule has 0 fully saturated rings. The Kier molecular flexibility index (Phi) is 4.29. The summed E-state index contributed by atoms with van der Waals surface area (Å²) in [6, 6.07) is 27.1. The van der Waals surface area contributed by atoms with Crippen LogP contribution < -0.4 is 4.74 Å². The van der Waals surface area contributed by atoms with Crippen LogP contribution >= 0.6 is 0 Å². The number of hydrogen-bond acceptors (Lipinski definition) is 3. The van der Waals surface area contributed by atoms with Crippen molar-refractivity contribution >= 4 is 22.5 Å². The third-order valence-electron chi connectivity index (χ3n) is 5.62. The highest BCUT2D eigenvalue weighted by Gasteiger charge is 2.33. The van der Waals surface area contributed by atoms with E-state index < -0.39 is 5.97 Å². The molecule has 4 aromatic carbocycles. The van der Waals surface area contributed by atoms with Gasteiger partial charge >= 0.3 is 5.97 Å². The van der Waals surface area contributed by atoms with E-state index in [1.807, 2.05) is 84.9 Å². The van der Waals surface area contributed by atoms with Crippen molar-refractivity contribution in [2.24, 2.45) is 0 Å². The SMILES string of the molecule is C=CC(=O)Oc1c(C2c3ccccc3C(=O)c3ccccc32)ccc2ccccc12. The summed E-state index contributed by atoms with van der Waals surface area (Å²) in [5.41, 5.74) is 4.02. The molecule has 3 heteroatoms. The summed E-state index contributed by atoms with van der Waals surface area (Å²) < 4.78 is 5.78. The fourth-order valence-corrected chi connectivity index (χ4v) is 4.30. The molecule has 0 saturated heterocycles. The summed E-state index contributed by atoms with van der Waals surface area (Å²) in [5.74, 6) is -0.224. The maximum Gasteiger partial charge on any atom is 0.335 e. The number of esters is 1. The molecule has 0 heterocycles. The first-order valence-corrected chi connectivity index (χ1v) is 9.77. The van der Waals surface area contributed by atoms with Crippen molar-refractivity contribution in [3.8, 4) is 5.75 Å². The van der Waals surface area contributed by atoms with Gasteiger partial charge < -0.3 is 4.74 Å². The molecule has 0 atom stereocenters. The van der Waals surface area contributed by atoms with Crippen molar-refractivity contribution in [1.29, 1.82) is 0 Å². The van der Waals surface area contributed by atoms with Crippen molar-refractivity contribution in [3.05, 3.63) is 125 Å². The Morgan fingerprint density at radius 2 is 1.37 bits per heavy atom. The zero-order chi connectivity index (χ0) is 20.7. The molecule has 1 aliphatic carbocycles. The van der Waals surface area contributed by atoms with Crippen LogP contribution in [0.2, 0.25) is 0 Å². The Morgan fingerprint density at radius 3 is 2.03 bits per heavy atom. The first-order chi connectivity index (χ1) is 14.7. The van der Waals surface area contributed by atoms with E-state index in [1.165, 1.54) is 0 Å². The van der Waals surface area contributed by atoms with Crippen LogP contribution in [0.4, 0.5) is 0 Å². The van der Waals surface area contributed by atoms with Crippen LogP contribution in [0.3, 0.4) is 0 Å². The standard InChI is InChI=1S/C27H18O3/c1-2-24(28)30-27-18-10-4-3-9-17(18)15-16-23(27)25-19-11-5-7-13-21(19)26(29)22-14-8-6-12-20(22)25/h2-16,25H,1H2. The normalized spacial score (nSPS) is 12.9. The third-order valence-corrected chi connectivity index (χ3v) is 5.62. The summed E-state index contributed by atoms with van der Waals surface area (Å²) in [5, 5.41) is 1.82. The lowest BCUT2D eigenvalue weighted by molar-refractivity contribution is -0.128. The van der Waals surface area contributed by atoms with Gasteiger partial charge in [0.2, 0.25) is 0 Å². The molecule has 0 aromatic heterocycles. The predicted molar refractivity (Wildman–Crippen MR) is 117 cm³/mol. The molecule has 0 N–H and O–H groups in total. The Hall–Kier alpha value is -3.98. The molecule has 5 rings (SSSR count). The molecule has 0 bridgehead atoms. The van der Waals surface area contributed by atoms with Gasteiger partial charge in [0, 0.05) is 34.1 Å². The minimum Gasteiger partial charge on any atom is -0.422 e. The molecule has 3 nitrogen and oxygen atoms in total. The highest BCUT2D eigenvalue weighted by molar-refractivity contribution is 6.13. The molecule has 0 radical (unpaired) electrons. The Balaban J connectivity index is 1.84. The van der Waals surface area contributed by atoms with Gasteiger partial charge in [0.1, 0.15) is 5.75 Å². The van der Waals surface area contributed by atoms with E-state index in [9.17, 15) is 9.59 Å². The van der Waals surface area contributed by atoms with Gasteiger partial charge in [0.15, 0.2) is 5.78 Å². The number of benzene rings is 4. The van der Waals surface area contributed by atoms with Crippen molar-refractivity contribution in [2.45, 2.75) is 5.92 Å². The van der Waals surface area contributed by atoms with Gasteiger partial charge in [-0.15, -0.1) is 0 Å². The lowest BCUT2D eigenvalue weighted by Gasteiger charge is -2.29. The lowest BCUT2D eigenvalue weighted by atomic mass is 9.74. The second-order valence-corrected chi connectivity index (χ2v) is 7.27. The van der Waals surface area contributed by atoms with Gasteiger partial charge in [-0.25, -0.2) is 4.79 Å². The fourth-order valence-electron chi connectivity index (χ4n) is 4.30. The van der Waals surface area contributed by atoms with Crippen molar-refractivity contribution < 1.29 is 14.3 Å². The topological polar surface area (TPSA) is 43.4 Å². The molecule has 0 spiro atoms. The van der Waals surface area contributed by atoms with E-state index >= 15 is 0 Å². The summed E-state index contributed by atoms with van der Waals surface area (Å²) in [4.78, 5) is 25.3. The average molecular weight is 390 g/mol. The van der Waals surface area contributed by atoms with E-state index in [4.69, 9.17) is 4.74 Å². The van der Waals surface area contributed by atoms with E-state index in [0.29, 0.717) is 16.9 Å². The maximum absolute atomic E-state index is 13.1. The summed E-state index contributed by atoms with van der Waals surface area (Å²) in [6.45, 7) is 3.54. The van der Waals surface area contributed by atoms with Crippen LogP contribution in [-0.4, -0.2) is 11.8 Å². The van der Waals surface area contributed by atoms with Crippen LogP contribution in [0.1, 0.15) is 38.5 Å². The molecule has 1 aliphatic rings. The monoisotopic (exact) mass is 390 g/mol. The number of ketones is 1. The van der Waals surface area contributed by atoms with Crippen molar-refractivity contribution in [2.75, 3.05) is 0 Å². The molecule has 0 amide bonds. The molecular weight excluding hydrogens is 372 g/mol. The maximum atomic E-state index is 13.1. The number of carbonyl (C=O) groups excluding carboxylic acids is 2. The zero-order valence-corrected chi connectivity index (χ0v) is 16.2. The van der Waals surface area contributed by atoms with Crippen LogP contribution in [-0.2, 0) is 4.79 Å². The molecular formula is C27H18O3. The summed E-state index contributed by atoms with van der Waals surface area (Å²) in [6.07, 6.45) is 1.16. The fraction of sp³-hybridized carbons (Fsp3) is 0.0370. The minimum absolute atomic E-state index is 0.0166. The smallest absolute Gasteiger partial charge is 0.335 e. The van der Waals surface area contributed by atoms with Gasteiger partial charge in [-0.2, -0.15) is 0 Å². The molecule has 144 valence electrons. The average Bonchev–Trinajstić information content (AvgIpc) is 2.80. The molecule has 0 saturated carbocycles. The van der Waals surface area contributed by atoms with Crippen LogP contribution in [0.25, 0.3) is 10.8 Å². The van der Waals surface area contributed by atoms with Crippen molar-refractivity contribution in [1.82, 2.24) is 0 Å². The van der Waals surface area contributed by atoms with E-state index in [1.54, 1.807) is 0 Å². The van der Waals surface area contributed by atoms with Crippen LogP contribution in [0.15, 0.2) is 97.6 Å². The number of hydrogen-bond donors (Lipinski definition) is 0. The number of rotatable bonds is 3. The Bertz CT molecular complexity index is 1280. The van der Waals surface area contributed by atoms with E-state index in [-0.39, 0.29) is 11.7 Å². The third kappa shape index (κ3) is 2.75. The zero-order valence-electron chi connectivity index (χ0n) is 16.2. The highest BCUT2D eigenvalue weighted by Crippen LogP contribution is 2.45. The Labute approximate surface area is 174 Å². The van der Waals surface area contributed by atoms with Gasteiger partial charge in [-0.3, -0.25) is 4.79 Å². The number of carbonyl (C=O) groups is 2. The molecule has 30 heavy (non-hydrogen) atoms. The number of ether oxygens (including phenoxy) is 1. The molecule has 4 aromatic rings. The van der Waals surface area contributed by atoms with Crippen molar-refractivity contribution in [3.63, 3.8) is 0 Å². The molecule has 0 aliphatic heterocycles. The quantitative estimate of drug-likeness (QED) is 0.227. The van der Waals surface area contributed by atoms with E-state index in [2.05, 4.69) is 6.58 Å². The Morgan fingerprint density at radius 1 is 0.767 bits per heavy atom. The first kappa shape index (κ1) is 18.1. The van der Waals surface area contributed by atoms with Crippen LogP contribution in [0.5, 0.6) is 5.75 Å². The second kappa shape index (κ2) is 7.12. The molecule has 0 unspecified atom stereocenters. The number of fused-ring (bicyclic) bond motifs is 3. The van der Waals surface area contributed by atoms with Gasteiger partial charge in [-0.05, 0) is 16.5 Å². The highest BCUT2D eigenvalue weighted by atomic mass is 16.5. The summed E-state index contributed by atoms with van der Waals surface area (Å²) >= 11 is 0. The largest absolute Gasteiger partial charge is 0.422 e. The van der Waals surface area contributed by atoms with Gasteiger partial charge in [-0.1, -0.05) is 91.5 Å². The lowest BCUT2D eigenvalue weighted by Crippen LogP contribution is -2.21. The second-order valence-electron chi connectivity index (χ2n) is 7.27. The first-order valence-electron chi connectivity index (χ1n) is 9.77. The summed E-state index contributed by atoms with van der Waals surface area (Å²) in [7, 11) is 0. The van der Waals surface area contributed by atoms with E-state index in [0.717, 1.165) is 33.5 Å². The minimum atomic E-state index is -0.513. The van der Waals surface area contributed by atoms with Gasteiger partial charge in [0.05, 0.1) is 0 Å². The predicted octanol–water partition coefficient (Wildman–Crippen LogP) is 5.66. The van der Waals surface area contributed by atoms with Crippen LogP contribution in [0, 0.1) is 0 Å².